The van der Waals surface area contributed by atoms with Gasteiger partial charge in [-0.1, -0.05) is 50.1 Å². The SMILES string of the molecule is CCCCCS(=O)(=O)CC(=O)Nc1nc2c(s1)CN(Cc1ccccc1)CC2. The summed E-state index contributed by atoms with van der Waals surface area (Å²) in [6.45, 7) is 4.62. The maximum absolute atomic E-state index is 12.1. The highest BCUT2D eigenvalue weighted by Crippen LogP contribution is 2.29. The molecule has 6 nitrogen and oxygen atoms in total. The van der Waals surface area contributed by atoms with Gasteiger partial charge < -0.3 is 5.32 Å². The van der Waals surface area contributed by atoms with Crippen LogP contribution in [0.5, 0.6) is 0 Å². The summed E-state index contributed by atoms with van der Waals surface area (Å²) in [5.41, 5.74) is 2.28. The fourth-order valence-corrected chi connectivity index (χ4v) is 5.60. The fraction of sp³-hybridized carbons (Fsp3) is 0.500. The van der Waals surface area contributed by atoms with Crippen LogP contribution in [-0.2, 0) is 34.1 Å². The number of rotatable bonds is 9. The second-order valence-electron chi connectivity index (χ2n) is 7.18. The van der Waals surface area contributed by atoms with Crippen molar-refractivity contribution < 1.29 is 13.2 Å². The summed E-state index contributed by atoms with van der Waals surface area (Å²) in [5.74, 6) is -0.901. The average molecular weight is 422 g/mol. The Labute approximate surface area is 170 Å². The lowest BCUT2D eigenvalue weighted by atomic mass is 10.1. The van der Waals surface area contributed by atoms with E-state index in [9.17, 15) is 13.2 Å². The van der Waals surface area contributed by atoms with E-state index in [1.165, 1.54) is 16.9 Å². The molecule has 8 heteroatoms. The second-order valence-corrected chi connectivity index (χ2v) is 10.5. The summed E-state index contributed by atoms with van der Waals surface area (Å²) < 4.78 is 24.1. The molecule has 3 rings (SSSR count). The smallest absolute Gasteiger partial charge is 0.241 e. The summed E-state index contributed by atoms with van der Waals surface area (Å²) in [7, 11) is -3.36. The molecule has 152 valence electrons. The predicted octanol–water partition coefficient (Wildman–Crippen LogP) is 3.24. The van der Waals surface area contributed by atoms with Crippen LogP contribution in [0.25, 0.3) is 0 Å². The van der Waals surface area contributed by atoms with E-state index in [0.29, 0.717) is 11.6 Å². The van der Waals surface area contributed by atoms with E-state index in [-0.39, 0.29) is 5.75 Å². The Morgan fingerprint density at radius 1 is 1.25 bits per heavy atom. The number of carbonyl (C=O) groups excluding carboxylic acids is 1. The van der Waals surface area contributed by atoms with Gasteiger partial charge in [0.15, 0.2) is 15.0 Å². The number of hydrogen-bond donors (Lipinski definition) is 1. The van der Waals surface area contributed by atoms with Crippen LogP contribution in [-0.4, -0.2) is 42.3 Å². The molecule has 2 aromatic rings. The molecular formula is C20H27N3O3S2. The molecule has 1 amide bonds. The van der Waals surface area contributed by atoms with Gasteiger partial charge in [0.2, 0.25) is 5.91 Å². The molecule has 0 radical (unpaired) electrons. The standard InChI is InChI=1S/C20H27N3O3S2/c1-2-3-7-12-28(25,26)15-19(24)22-20-21-17-10-11-23(14-18(17)27-20)13-16-8-5-4-6-9-16/h4-6,8-9H,2-3,7,10-15H2,1H3,(H,21,22,24). The maximum Gasteiger partial charge on any atom is 0.241 e. The molecule has 0 bridgehead atoms. The highest BCUT2D eigenvalue weighted by atomic mass is 32.2. The lowest BCUT2D eigenvalue weighted by molar-refractivity contribution is -0.113. The number of fused-ring (bicyclic) bond motifs is 1. The Balaban J connectivity index is 1.54. The number of amides is 1. The number of anilines is 1. The molecule has 0 unspecified atom stereocenters. The van der Waals surface area contributed by atoms with Crippen molar-refractivity contribution in [2.75, 3.05) is 23.4 Å². The summed E-state index contributed by atoms with van der Waals surface area (Å²) in [5, 5.41) is 3.18. The van der Waals surface area contributed by atoms with Gasteiger partial charge in [-0.3, -0.25) is 9.69 Å². The largest absolute Gasteiger partial charge is 0.301 e. The van der Waals surface area contributed by atoms with Gasteiger partial charge in [0, 0.05) is 30.9 Å². The quantitative estimate of drug-likeness (QED) is 0.629. The first-order chi connectivity index (χ1) is 13.4. The third-order valence-corrected chi connectivity index (χ3v) is 7.33. The van der Waals surface area contributed by atoms with Crippen molar-refractivity contribution in [2.45, 2.75) is 45.7 Å². The third-order valence-electron chi connectivity index (χ3n) is 4.72. The lowest BCUT2D eigenvalue weighted by Crippen LogP contribution is -2.29. The minimum atomic E-state index is -3.36. The van der Waals surface area contributed by atoms with Crippen LogP contribution < -0.4 is 5.32 Å². The lowest BCUT2D eigenvalue weighted by Gasteiger charge is -2.25. The van der Waals surface area contributed by atoms with Crippen LogP contribution in [0.4, 0.5) is 5.13 Å². The van der Waals surface area contributed by atoms with Gasteiger partial charge in [-0.05, 0) is 12.0 Å². The number of carbonyl (C=O) groups is 1. The first kappa shape index (κ1) is 21.0. The molecule has 0 spiro atoms. The Morgan fingerprint density at radius 2 is 2.04 bits per heavy atom. The molecule has 28 heavy (non-hydrogen) atoms. The zero-order valence-electron chi connectivity index (χ0n) is 16.2. The third kappa shape index (κ3) is 6.12. The Hall–Kier alpha value is -1.77. The molecule has 0 fully saturated rings. The number of hydrogen-bond acceptors (Lipinski definition) is 6. The topological polar surface area (TPSA) is 79.4 Å². The number of aromatic nitrogens is 1. The van der Waals surface area contributed by atoms with Gasteiger partial charge in [0.25, 0.3) is 0 Å². The minimum Gasteiger partial charge on any atom is -0.301 e. The van der Waals surface area contributed by atoms with Crippen LogP contribution >= 0.6 is 11.3 Å². The number of thiazole rings is 1. The molecular weight excluding hydrogens is 394 g/mol. The monoisotopic (exact) mass is 421 g/mol. The first-order valence-corrected chi connectivity index (χ1v) is 12.3. The highest BCUT2D eigenvalue weighted by Gasteiger charge is 2.23. The van der Waals surface area contributed by atoms with Gasteiger partial charge >= 0.3 is 0 Å². The van der Waals surface area contributed by atoms with Crippen LogP contribution in [0.3, 0.4) is 0 Å². The Morgan fingerprint density at radius 3 is 2.79 bits per heavy atom. The zero-order valence-corrected chi connectivity index (χ0v) is 17.8. The fourth-order valence-electron chi connectivity index (χ4n) is 3.28. The number of unbranched alkanes of at least 4 members (excludes halogenated alkanes) is 2. The van der Waals surface area contributed by atoms with Gasteiger partial charge in [-0.25, -0.2) is 13.4 Å². The van der Waals surface area contributed by atoms with Crippen LogP contribution in [0.2, 0.25) is 0 Å². The van der Waals surface area contributed by atoms with Crippen LogP contribution in [0.15, 0.2) is 30.3 Å². The first-order valence-electron chi connectivity index (χ1n) is 9.70. The van der Waals surface area contributed by atoms with Crippen LogP contribution in [0, 0.1) is 0 Å². The molecule has 0 atom stereocenters. The maximum atomic E-state index is 12.1. The summed E-state index contributed by atoms with van der Waals surface area (Å²) in [4.78, 5) is 20.2. The van der Waals surface area contributed by atoms with E-state index < -0.39 is 21.5 Å². The Kier molecular flexibility index (Phi) is 7.20. The van der Waals surface area contributed by atoms with Crippen molar-refractivity contribution in [1.29, 1.82) is 0 Å². The Bertz CT molecular complexity index is 895. The molecule has 0 aliphatic carbocycles. The second kappa shape index (κ2) is 9.62. The molecule has 1 aromatic carbocycles. The van der Waals surface area contributed by atoms with Gasteiger partial charge in [-0.2, -0.15) is 0 Å². The molecule has 1 aliphatic heterocycles. The molecule has 1 aliphatic rings. The van der Waals surface area contributed by atoms with E-state index >= 15 is 0 Å². The molecule has 0 saturated heterocycles. The van der Waals surface area contributed by atoms with Gasteiger partial charge in [0.1, 0.15) is 5.75 Å². The highest BCUT2D eigenvalue weighted by molar-refractivity contribution is 7.92. The minimum absolute atomic E-state index is 0.0665. The summed E-state index contributed by atoms with van der Waals surface area (Å²) in [6.07, 6.45) is 3.26. The molecule has 1 aromatic heterocycles. The van der Waals surface area contributed by atoms with Crippen molar-refractivity contribution >= 4 is 32.2 Å². The van der Waals surface area contributed by atoms with Crippen molar-refractivity contribution in [2.24, 2.45) is 0 Å². The van der Waals surface area contributed by atoms with Crippen molar-refractivity contribution in [1.82, 2.24) is 9.88 Å². The number of nitrogens with zero attached hydrogens (tertiary/aromatic N) is 2. The van der Waals surface area contributed by atoms with E-state index in [1.807, 2.05) is 25.1 Å². The van der Waals surface area contributed by atoms with Crippen LogP contribution in [0.1, 0.15) is 42.3 Å². The van der Waals surface area contributed by atoms with Crippen molar-refractivity contribution in [3.05, 3.63) is 46.5 Å². The van der Waals surface area contributed by atoms with Gasteiger partial charge in [-0.15, -0.1) is 11.3 Å². The molecule has 1 N–H and O–H groups in total. The van der Waals surface area contributed by atoms with E-state index in [1.54, 1.807) is 0 Å². The zero-order chi connectivity index (χ0) is 20.0. The average Bonchev–Trinajstić information content (AvgIpc) is 3.03. The number of benzene rings is 1. The molecule has 0 saturated carbocycles. The number of nitrogens with one attached hydrogen (secondary N) is 1. The summed E-state index contributed by atoms with van der Waals surface area (Å²) in [6, 6.07) is 10.3. The summed E-state index contributed by atoms with van der Waals surface area (Å²) >= 11 is 1.45. The predicted molar refractivity (Wildman–Crippen MR) is 113 cm³/mol. The van der Waals surface area contributed by atoms with Gasteiger partial charge in [0.05, 0.1) is 11.4 Å². The molecule has 2 heterocycles. The van der Waals surface area contributed by atoms with E-state index in [0.717, 1.165) is 49.5 Å². The number of sulfone groups is 1. The van der Waals surface area contributed by atoms with E-state index in [2.05, 4.69) is 27.3 Å². The van der Waals surface area contributed by atoms with E-state index in [4.69, 9.17) is 0 Å². The van der Waals surface area contributed by atoms with Crippen molar-refractivity contribution in [3.63, 3.8) is 0 Å². The normalized spacial score (nSPS) is 14.6. The van der Waals surface area contributed by atoms with Crippen molar-refractivity contribution in [3.8, 4) is 0 Å².